The largest absolute Gasteiger partial charge is 0.378 e. The number of hydrogen-bond donors (Lipinski definition) is 1. The Balaban J connectivity index is 1.92. The van der Waals surface area contributed by atoms with Crippen LogP contribution in [-0.4, -0.2) is 41.4 Å². The third-order valence-corrected chi connectivity index (χ3v) is 6.34. The highest BCUT2D eigenvalue weighted by Crippen LogP contribution is 2.35. The quantitative estimate of drug-likeness (QED) is 0.811. The average Bonchev–Trinajstić information content (AvgIpc) is 3.06. The fourth-order valence-corrected chi connectivity index (χ4v) is 4.01. The number of nitrogens with zero attached hydrogens (tertiary/aromatic N) is 2. The second-order valence-electron chi connectivity index (χ2n) is 6.83. The van der Waals surface area contributed by atoms with Gasteiger partial charge in [-0.25, -0.2) is 13.1 Å². The first-order chi connectivity index (χ1) is 12.4. The van der Waals surface area contributed by atoms with Gasteiger partial charge in [0.15, 0.2) is 0 Å². The Morgan fingerprint density at radius 2 is 1.81 bits per heavy atom. The van der Waals surface area contributed by atoms with Crippen molar-refractivity contribution in [3.8, 4) is 0 Å². The lowest BCUT2D eigenvalue weighted by Crippen LogP contribution is -2.38. The fourth-order valence-electron chi connectivity index (χ4n) is 3.40. The molecule has 1 heterocycles. The summed E-state index contributed by atoms with van der Waals surface area (Å²) in [6.45, 7) is 2.92. The van der Waals surface area contributed by atoms with E-state index in [0.717, 1.165) is 24.2 Å². The zero-order valence-electron chi connectivity index (χ0n) is 15.6. The third kappa shape index (κ3) is 4.02. The maximum Gasteiger partial charge on any atom is 0.211 e. The second-order valence-corrected chi connectivity index (χ2v) is 8.92. The summed E-state index contributed by atoms with van der Waals surface area (Å²) in [5, 5.41) is 0. The first-order valence-electron chi connectivity index (χ1n) is 9.00. The van der Waals surface area contributed by atoms with Gasteiger partial charge in [-0.3, -0.25) is 0 Å². The summed E-state index contributed by atoms with van der Waals surface area (Å²) in [7, 11) is 0.789. The molecule has 1 atom stereocenters. The molecule has 1 N–H and O–H groups in total. The number of fused-ring (bicyclic) bond motifs is 1. The van der Waals surface area contributed by atoms with Crippen LogP contribution in [0.25, 0.3) is 0 Å². The summed E-state index contributed by atoms with van der Waals surface area (Å²) in [6.07, 6.45) is 0.989. The number of para-hydroxylation sites is 1. The highest BCUT2D eigenvalue weighted by molar-refractivity contribution is 7.89. The van der Waals surface area contributed by atoms with Crippen LogP contribution in [0.4, 0.5) is 11.4 Å². The number of nitrogens with one attached hydrogen (secondary N) is 1. The van der Waals surface area contributed by atoms with Crippen molar-refractivity contribution in [1.82, 2.24) is 4.72 Å². The monoisotopic (exact) mass is 373 g/mol. The van der Waals surface area contributed by atoms with Gasteiger partial charge in [-0.2, -0.15) is 0 Å². The number of benzene rings is 2. The summed E-state index contributed by atoms with van der Waals surface area (Å²) < 4.78 is 26.8. The predicted octanol–water partition coefficient (Wildman–Crippen LogP) is 2.80. The minimum Gasteiger partial charge on any atom is -0.378 e. The van der Waals surface area contributed by atoms with Crippen LogP contribution in [0.3, 0.4) is 0 Å². The molecule has 2 aromatic carbocycles. The number of anilines is 2. The van der Waals surface area contributed by atoms with Crippen molar-refractivity contribution in [2.45, 2.75) is 19.4 Å². The van der Waals surface area contributed by atoms with E-state index in [2.05, 4.69) is 57.0 Å². The van der Waals surface area contributed by atoms with Gasteiger partial charge in [0.25, 0.3) is 0 Å². The van der Waals surface area contributed by atoms with Crippen molar-refractivity contribution in [1.29, 1.82) is 0 Å². The molecule has 0 aliphatic carbocycles. The molecule has 140 valence electrons. The molecule has 0 unspecified atom stereocenters. The van der Waals surface area contributed by atoms with Crippen molar-refractivity contribution in [2.75, 3.05) is 42.7 Å². The maximum absolute atomic E-state index is 12.0. The minimum absolute atomic E-state index is 0.0313. The smallest absolute Gasteiger partial charge is 0.211 e. The van der Waals surface area contributed by atoms with E-state index in [1.807, 2.05) is 20.2 Å². The molecule has 6 heteroatoms. The molecule has 0 radical (unpaired) electrons. The van der Waals surface area contributed by atoms with E-state index in [1.165, 1.54) is 11.3 Å². The van der Waals surface area contributed by atoms with Crippen molar-refractivity contribution < 1.29 is 8.42 Å². The lowest BCUT2D eigenvalue weighted by molar-refractivity contribution is 0.564. The minimum atomic E-state index is -3.24. The van der Waals surface area contributed by atoms with Crippen molar-refractivity contribution in [2.24, 2.45) is 0 Å². The highest BCUT2D eigenvalue weighted by Gasteiger charge is 2.28. The third-order valence-electron chi connectivity index (χ3n) is 4.97. The fraction of sp³-hybridized carbons (Fsp3) is 0.400. The molecule has 0 aromatic heterocycles. The molecule has 2 aromatic rings. The lowest BCUT2D eigenvalue weighted by atomic mass is 10.0. The molecule has 5 nitrogen and oxygen atoms in total. The van der Waals surface area contributed by atoms with Crippen LogP contribution in [0.15, 0.2) is 48.5 Å². The van der Waals surface area contributed by atoms with Gasteiger partial charge in [0.05, 0.1) is 11.8 Å². The van der Waals surface area contributed by atoms with Crippen molar-refractivity contribution >= 4 is 21.4 Å². The van der Waals surface area contributed by atoms with Gasteiger partial charge in [-0.05, 0) is 42.7 Å². The normalized spacial score (nSPS) is 15.0. The molecular formula is C20H27N3O2S. The first-order valence-corrected chi connectivity index (χ1v) is 10.7. The molecule has 0 spiro atoms. The Bertz CT molecular complexity index is 848. The molecule has 0 amide bonds. The van der Waals surface area contributed by atoms with Gasteiger partial charge in [0, 0.05) is 38.6 Å². The Hall–Kier alpha value is -2.05. The molecule has 3 rings (SSSR count). The second kappa shape index (κ2) is 7.68. The Labute approximate surface area is 156 Å². The summed E-state index contributed by atoms with van der Waals surface area (Å²) in [4.78, 5) is 4.38. The number of rotatable bonds is 7. The van der Waals surface area contributed by atoms with Crippen molar-refractivity contribution in [3.63, 3.8) is 0 Å². The van der Waals surface area contributed by atoms with Gasteiger partial charge >= 0.3 is 0 Å². The SMILES string of the molecule is CCS(=O)(=O)NC[C@@H](c1ccc(N(C)C)cc1)N1CCc2ccccc21. The van der Waals surface area contributed by atoms with E-state index in [9.17, 15) is 8.42 Å². The van der Waals surface area contributed by atoms with Crippen LogP contribution in [0.5, 0.6) is 0 Å². The van der Waals surface area contributed by atoms with Crippen LogP contribution >= 0.6 is 0 Å². The average molecular weight is 374 g/mol. The Morgan fingerprint density at radius 1 is 1.12 bits per heavy atom. The molecule has 26 heavy (non-hydrogen) atoms. The zero-order chi connectivity index (χ0) is 18.7. The topological polar surface area (TPSA) is 52.7 Å². The van der Waals surface area contributed by atoms with Gasteiger partial charge in [0.2, 0.25) is 10.0 Å². The van der Waals surface area contributed by atoms with Gasteiger partial charge in [-0.15, -0.1) is 0 Å². The van der Waals surface area contributed by atoms with E-state index in [0.29, 0.717) is 6.54 Å². The van der Waals surface area contributed by atoms with Gasteiger partial charge in [-0.1, -0.05) is 30.3 Å². The van der Waals surface area contributed by atoms with Crippen LogP contribution < -0.4 is 14.5 Å². The Kier molecular flexibility index (Phi) is 5.53. The van der Waals surface area contributed by atoms with E-state index in [4.69, 9.17) is 0 Å². The van der Waals surface area contributed by atoms with Gasteiger partial charge < -0.3 is 9.80 Å². The molecule has 0 bridgehead atoms. The molecule has 1 aliphatic rings. The van der Waals surface area contributed by atoms with Gasteiger partial charge in [0.1, 0.15) is 0 Å². The molecule has 1 aliphatic heterocycles. The van der Waals surface area contributed by atoms with E-state index in [1.54, 1.807) is 6.92 Å². The van der Waals surface area contributed by atoms with E-state index >= 15 is 0 Å². The zero-order valence-corrected chi connectivity index (χ0v) is 16.5. The summed E-state index contributed by atoms with van der Waals surface area (Å²) in [5.41, 5.74) is 4.76. The summed E-state index contributed by atoms with van der Waals surface area (Å²) in [6, 6.07) is 16.7. The Morgan fingerprint density at radius 3 is 2.46 bits per heavy atom. The first kappa shape index (κ1) is 18.7. The number of sulfonamides is 1. The predicted molar refractivity (Wildman–Crippen MR) is 108 cm³/mol. The van der Waals surface area contributed by atoms with Crippen LogP contribution in [0, 0.1) is 0 Å². The molecule has 0 fully saturated rings. The standard InChI is InChI=1S/C20H27N3O2S/c1-4-26(24,25)21-15-20(17-9-11-18(12-10-17)22(2)3)23-14-13-16-7-5-6-8-19(16)23/h5-12,20-21H,4,13-15H2,1-3H3/t20-/m0/s1. The number of hydrogen-bond acceptors (Lipinski definition) is 4. The summed E-state index contributed by atoms with van der Waals surface area (Å²) in [5.74, 6) is 0.0931. The molecule has 0 saturated heterocycles. The van der Waals surface area contributed by atoms with E-state index < -0.39 is 10.0 Å². The van der Waals surface area contributed by atoms with Crippen LogP contribution in [0.1, 0.15) is 24.1 Å². The van der Waals surface area contributed by atoms with Crippen LogP contribution in [-0.2, 0) is 16.4 Å². The van der Waals surface area contributed by atoms with Crippen LogP contribution in [0.2, 0.25) is 0 Å². The van der Waals surface area contributed by atoms with E-state index in [-0.39, 0.29) is 11.8 Å². The van der Waals surface area contributed by atoms with Crippen molar-refractivity contribution in [3.05, 3.63) is 59.7 Å². The highest BCUT2D eigenvalue weighted by atomic mass is 32.2. The molecular weight excluding hydrogens is 346 g/mol. The maximum atomic E-state index is 12.0. The summed E-state index contributed by atoms with van der Waals surface area (Å²) >= 11 is 0. The molecule has 0 saturated carbocycles. The lowest BCUT2D eigenvalue weighted by Gasteiger charge is -2.31.